The van der Waals surface area contributed by atoms with Gasteiger partial charge in [0.05, 0.1) is 17.9 Å². The van der Waals surface area contributed by atoms with Gasteiger partial charge in [0.1, 0.15) is 0 Å². The lowest BCUT2D eigenvalue weighted by atomic mass is 9.98. The minimum atomic E-state index is -1.37. The van der Waals surface area contributed by atoms with E-state index >= 15 is 0 Å². The van der Waals surface area contributed by atoms with Crippen LogP contribution < -0.4 is 0 Å². The molecule has 1 aromatic carbocycles. The summed E-state index contributed by atoms with van der Waals surface area (Å²) < 4.78 is 5.71. The Kier molecular flexibility index (Phi) is 2.82. The van der Waals surface area contributed by atoms with Crippen LogP contribution in [0.2, 0.25) is 0 Å². The van der Waals surface area contributed by atoms with Crippen LogP contribution >= 0.6 is 0 Å². The third-order valence-electron chi connectivity index (χ3n) is 3.09. The van der Waals surface area contributed by atoms with Gasteiger partial charge in [0.2, 0.25) is 5.79 Å². The third-order valence-corrected chi connectivity index (χ3v) is 3.09. The molecule has 3 heteroatoms. The first kappa shape index (κ1) is 11.3. The Balaban J connectivity index is 2.43. The van der Waals surface area contributed by atoms with Crippen molar-refractivity contribution in [3.63, 3.8) is 0 Å². The molecule has 1 aliphatic rings. The van der Waals surface area contributed by atoms with Gasteiger partial charge in [-0.1, -0.05) is 30.3 Å². The van der Waals surface area contributed by atoms with Crippen molar-refractivity contribution in [3.05, 3.63) is 35.9 Å². The van der Waals surface area contributed by atoms with Gasteiger partial charge in [0.15, 0.2) is 0 Å². The van der Waals surface area contributed by atoms with Gasteiger partial charge in [-0.15, -0.1) is 0 Å². The average molecular weight is 219 g/mol. The Hall–Kier alpha value is -1.19. The molecule has 0 spiro atoms. The maximum Gasteiger partial charge on any atom is 0.233 e. The maximum absolute atomic E-state index is 10.5. The quantitative estimate of drug-likeness (QED) is 0.786. The van der Waals surface area contributed by atoms with Gasteiger partial charge in [-0.25, -0.2) is 0 Å². The maximum atomic E-state index is 10.5. The smallest absolute Gasteiger partial charge is 0.233 e. The van der Waals surface area contributed by atoms with Gasteiger partial charge in [0, 0.05) is 5.56 Å². The molecule has 0 radical (unpaired) electrons. The Bertz CT molecular complexity index is 402. The largest absolute Gasteiger partial charge is 0.357 e. The van der Waals surface area contributed by atoms with E-state index in [4.69, 9.17) is 4.74 Å². The second-order valence-electron chi connectivity index (χ2n) is 4.29. The molecule has 16 heavy (non-hydrogen) atoms. The molecule has 0 aliphatic carbocycles. The van der Waals surface area contributed by atoms with Crippen molar-refractivity contribution >= 4 is 5.71 Å². The fraction of sp³-hybridized carbons (Fsp3) is 0.462. The molecule has 0 fully saturated rings. The predicted octanol–water partition coefficient (Wildman–Crippen LogP) is 2.10. The lowest BCUT2D eigenvalue weighted by Gasteiger charge is -2.37. The molecule has 1 aliphatic heterocycles. The van der Waals surface area contributed by atoms with E-state index in [2.05, 4.69) is 4.99 Å². The van der Waals surface area contributed by atoms with Gasteiger partial charge >= 0.3 is 0 Å². The molecule has 1 unspecified atom stereocenters. The average Bonchev–Trinajstić information content (AvgIpc) is 2.28. The van der Waals surface area contributed by atoms with Gasteiger partial charge < -0.3 is 9.84 Å². The number of hydrogen-bond donors (Lipinski definition) is 1. The van der Waals surface area contributed by atoms with Gasteiger partial charge in [-0.05, 0) is 20.8 Å². The molecule has 86 valence electrons. The zero-order valence-electron chi connectivity index (χ0n) is 9.84. The van der Waals surface area contributed by atoms with E-state index in [9.17, 15) is 5.11 Å². The normalized spacial score (nSPS) is 34.6. The second kappa shape index (κ2) is 4.00. The number of rotatable bonds is 1. The van der Waals surface area contributed by atoms with Crippen molar-refractivity contribution in [2.75, 3.05) is 0 Å². The molecule has 0 saturated carbocycles. The summed E-state index contributed by atoms with van der Waals surface area (Å²) in [5.74, 6) is -1.37. The summed E-state index contributed by atoms with van der Waals surface area (Å²) in [5.41, 5.74) is 1.35. The van der Waals surface area contributed by atoms with E-state index in [-0.39, 0.29) is 12.1 Å². The molecular weight excluding hydrogens is 202 g/mol. The van der Waals surface area contributed by atoms with Crippen molar-refractivity contribution in [2.24, 2.45) is 4.99 Å². The zero-order valence-corrected chi connectivity index (χ0v) is 9.84. The van der Waals surface area contributed by atoms with Crippen molar-refractivity contribution < 1.29 is 9.84 Å². The van der Waals surface area contributed by atoms with Crippen molar-refractivity contribution in [3.8, 4) is 0 Å². The molecular formula is C13H17NO2. The van der Waals surface area contributed by atoms with Crippen LogP contribution in [0.4, 0.5) is 0 Å². The van der Waals surface area contributed by atoms with E-state index in [1.54, 1.807) is 6.92 Å². The van der Waals surface area contributed by atoms with E-state index in [0.717, 1.165) is 5.56 Å². The first-order valence-electron chi connectivity index (χ1n) is 5.54. The molecule has 3 nitrogen and oxygen atoms in total. The van der Waals surface area contributed by atoms with Gasteiger partial charge in [-0.3, -0.25) is 4.99 Å². The molecule has 0 bridgehead atoms. The van der Waals surface area contributed by atoms with Gasteiger partial charge in [-0.2, -0.15) is 0 Å². The fourth-order valence-electron chi connectivity index (χ4n) is 1.89. The Morgan fingerprint density at radius 2 is 1.88 bits per heavy atom. The number of nitrogens with zero attached hydrogens (tertiary/aromatic N) is 1. The molecule has 1 heterocycles. The molecule has 1 N–H and O–H groups in total. The Morgan fingerprint density at radius 1 is 1.25 bits per heavy atom. The van der Waals surface area contributed by atoms with Crippen LogP contribution in [-0.2, 0) is 10.5 Å². The number of aliphatic hydroxyl groups is 1. The minimum Gasteiger partial charge on any atom is -0.357 e. The summed E-state index contributed by atoms with van der Waals surface area (Å²) >= 11 is 0. The lowest BCUT2D eigenvalue weighted by molar-refractivity contribution is -0.196. The van der Waals surface area contributed by atoms with Crippen LogP contribution in [-0.4, -0.2) is 23.0 Å². The van der Waals surface area contributed by atoms with Crippen LogP contribution in [0.1, 0.15) is 26.3 Å². The standard InChI is InChI=1S/C13H17NO2/c1-9-10(2)16-13(15,11(3)14-9)12-7-5-4-6-8-12/h4-10,15H,1-3H3/t9-,10+,13?/m0/s1. The summed E-state index contributed by atoms with van der Waals surface area (Å²) in [4.78, 5) is 4.43. The van der Waals surface area contributed by atoms with E-state index in [1.165, 1.54) is 0 Å². The summed E-state index contributed by atoms with van der Waals surface area (Å²) in [5, 5.41) is 10.5. The molecule has 0 amide bonds. The molecule has 1 aromatic rings. The lowest BCUT2D eigenvalue weighted by Crippen LogP contribution is -2.47. The monoisotopic (exact) mass is 219 g/mol. The van der Waals surface area contributed by atoms with Crippen LogP contribution in [0.25, 0.3) is 0 Å². The summed E-state index contributed by atoms with van der Waals surface area (Å²) in [6.45, 7) is 5.71. The Morgan fingerprint density at radius 3 is 2.50 bits per heavy atom. The van der Waals surface area contributed by atoms with Crippen LogP contribution in [0, 0.1) is 0 Å². The van der Waals surface area contributed by atoms with E-state index in [1.807, 2.05) is 44.2 Å². The molecule has 2 rings (SSSR count). The van der Waals surface area contributed by atoms with Crippen LogP contribution in [0.15, 0.2) is 35.3 Å². The zero-order chi connectivity index (χ0) is 11.8. The summed E-state index contributed by atoms with van der Waals surface area (Å²) in [6.07, 6.45) is -0.0890. The van der Waals surface area contributed by atoms with Crippen LogP contribution in [0.3, 0.4) is 0 Å². The first-order chi connectivity index (χ1) is 7.54. The number of hydrogen-bond acceptors (Lipinski definition) is 3. The van der Waals surface area contributed by atoms with Crippen molar-refractivity contribution in [2.45, 2.75) is 38.7 Å². The molecule has 0 aromatic heterocycles. The summed E-state index contributed by atoms with van der Waals surface area (Å²) in [7, 11) is 0. The second-order valence-corrected chi connectivity index (χ2v) is 4.29. The highest BCUT2D eigenvalue weighted by molar-refractivity contribution is 5.90. The third kappa shape index (κ3) is 1.77. The first-order valence-corrected chi connectivity index (χ1v) is 5.54. The van der Waals surface area contributed by atoms with E-state index < -0.39 is 5.79 Å². The van der Waals surface area contributed by atoms with Crippen molar-refractivity contribution in [1.82, 2.24) is 0 Å². The highest BCUT2D eigenvalue weighted by Gasteiger charge is 2.40. The number of benzene rings is 1. The van der Waals surface area contributed by atoms with Gasteiger partial charge in [0.25, 0.3) is 0 Å². The highest BCUT2D eigenvalue weighted by Crippen LogP contribution is 2.31. The molecule has 0 saturated heterocycles. The topological polar surface area (TPSA) is 41.8 Å². The molecule has 3 atom stereocenters. The predicted molar refractivity (Wildman–Crippen MR) is 63.5 cm³/mol. The number of ether oxygens (including phenoxy) is 1. The summed E-state index contributed by atoms with van der Waals surface area (Å²) in [6, 6.07) is 9.46. The SMILES string of the molecule is CC1=N[C@@H](C)[C@@H](C)OC1(O)c1ccccc1. The number of aliphatic imine (C=N–C) groups is 1. The van der Waals surface area contributed by atoms with Crippen molar-refractivity contribution in [1.29, 1.82) is 0 Å². The Labute approximate surface area is 95.8 Å². The minimum absolute atomic E-state index is 0.0870. The highest BCUT2D eigenvalue weighted by atomic mass is 16.6. The van der Waals surface area contributed by atoms with E-state index in [0.29, 0.717) is 5.71 Å². The fourth-order valence-corrected chi connectivity index (χ4v) is 1.89. The van der Waals surface area contributed by atoms with Crippen LogP contribution in [0.5, 0.6) is 0 Å².